The highest BCUT2D eigenvalue weighted by atomic mass is 16.5. The third-order valence-electron chi connectivity index (χ3n) is 3.29. The van der Waals surface area contributed by atoms with Gasteiger partial charge in [-0.3, -0.25) is 4.79 Å². The molecular formula is C14H15N3O3. The first kappa shape index (κ1) is 12.5. The zero-order valence-electron chi connectivity index (χ0n) is 11.1. The van der Waals surface area contributed by atoms with Crippen LogP contribution in [0.2, 0.25) is 0 Å². The Hall–Kier alpha value is -2.50. The summed E-state index contributed by atoms with van der Waals surface area (Å²) in [4.78, 5) is 17.7. The van der Waals surface area contributed by atoms with Crippen molar-refractivity contribution in [2.24, 2.45) is 0 Å². The number of aromatic nitrogens is 2. The van der Waals surface area contributed by atoms with Crippen molar-refractivity contribution in [3.63, 3.8) is 0 Å². The van der Waals surface area contributed by atoms with E-state index in [2.05, 4.69) is 9.97 Å². The smallest absolute Gasteiger partial charge is 0.277 e. The van der Waals surface area contributed by atoms with Crippen LogP contribution in [0.3, 0.4) is 0 Å². The second-order valence-corrected chi connectivity index (χ2v) is 4.73. The Bertz CT molecular complexity index is 692. The second-order valence-electron chi connectivity index (χ2n) is 4.73. The van der Waals surface area contributed by atoms with Gasteiger partial charge in [-0.25, -0.2) is 4.98 Å². The molecular weight excluding hydrogens is 258 g/mol. The average Bonchev–Trinajstić information content (AvgIpc) is 3.28. The van der Waals surface area contributed by atoms with E-state index in [9.17, 15) is 4.79 Å². The van der Waals surface area contributed by atoms with E-state index in [1.54, 1.807) is 13.2 Å². The van der Waals surface area contributed by atoms with Crippen molar-refractivity contribution < 1.29 is 9.47 Å². The molecule has 0 unspecified atom stereocenters. The van der Waals surface area contributed by atoms with Crippen molar-refractivity contribution in [1.29, 1.82) is 0 Å². The third kappa shape index (κ3) is 2.32. The van der Waals surface area contributed by atoms with E-state index in [0.29, 0.717) is 11.7 Å². The van der Waals surface area contributed by atoms with Gasteiger partial charge in [-0.05, 0) is 30.4 Å². The molecule has 1 aromatic carbocycles. The lowest BCUT2D eigenvalue weighted by Gasteiger charge is -2.11. The zero-order chi connectivity index (χ0) is 14.1. The first-order valence-electron chi connectivity index (χ1n) is 6.38. The highest BCUT2D eigenvalue weighted by Crippen LogP contribution is 2.45. The number of benzene rings is 1. The Kier molecular flexibility index (Phi) is 3.06. The molecule has 1 saturated carbocycles. The number of nitrogens with one attached hydrogen (secondary N) is 1. The van der Waals surface area contributed by atoms with Gasteiger partial charge in [-0.1, -0.05) is 6.07 Å². The quantitative estimate of drug-likeness (QED) is 0.889. The molecule has 1 aliphatic rings. The van der Waals surface area contributed by atoms with Crippen LogP contribution in [0.4, 0.5) is 5.69 Å². The van der Waals surface area contributed by atoms with E-state index in [-0.39, 0.29) is 11.6 Å². The molecule has 6 heteroatoms. The van der Waals surface area contributed by atoms with Crippen molar-refractivity contribution in [1.82, 2.24) is 9.97 Å². The predicted molar refractivity (Wildman–Crippen MR) is 74.3 cm³/mol. The molecule has 0 bridgehead atoms. The SMILES string of the molecule is COc1cc(Oc2nc[nH]c(=O)c2N)ccc1C1CC1. The number of anilines is 1. The van der Waals surface area contributed by atoms with Gasteiger partial charge in [0, 0.05) is 6.07 Å². The van der Waals surface area contributed by atoms with Gasteiger partial charge in [-0.15, -0.1) is 0 Å². The molecule has 0 aliphatic heterocycles. The Morgan fingerprint density at radius 3 is 2.90 bits per heavy atom. The van der Waals surface area contributed by atoms with Crippen molar-refractivity contribution >= 4 is 5.69 Å². The number of rotatable bonds is 4. The number of hydrogen-bond donors (Lipinski definition) is 2. The molecule has 1 aromatic heterocycles. The number of ether oxygens (including phenoxy) is 2. The summed E-state index contributed by atoms with van der Waals surface area (Å²) in [5.41, 5.74) is 6.35. The summed E-state index contributed by atoms with van der Waals surface area (Å²) in [7, 11) is 1.63. The number of methoxy groups -OCH3 is 1. The number of hydrogen-bond acceptors (Lipinski definition) is 5. The van der Waals surface area contributed by atoms with Crippen molar-refractivity contribution in [2.45, 2.75) is 18.8 Å². The van der Waals surface area contributed by atoms with Crippen LogP contribution in [-0.2, 0) is 0 Å². The molecule has 20 heavy (non-hydrogen) atoms. The van der Waals surface area contributed by atoms with Crippen LogP contribution in [0.5, 0.6) is 17.4 Å². The largest absolute Gasteiger partial charge is 0.496 e. The summed E-state index contributed by atoms with van der Waals surface area (Å²) in [5.74, 6) is 2.00. The lowest BCUT2D eigenvalue weighted by atomic mass is 10.1. The van der Waals surface area contributed by atoms with Gasteiger partial charge in [0.15, 0.2) is 5.69 Å². The summed E-state index contributed by atoms with van der Waals surface area (Å²) in [5, 5.41) is 0. The van der Waals surface area contributed by atoms with Crippen molar-refractivity contribution in [2.75, 3.05) is 12.8 Å². The fourth-order valence-corrected chi connectivity index (χ4v) is 2.07. The molecule has 6 nitrogen and oxygen atoms in total. The topological polar surface area (TPSA) is 90.2 Å². The molecule has 3 N–H and O–H groups in total. The standard InChI is InChI=1S/C14H15N3O3/c1-19-11-6-9(4-5-10(11)8-2-3-8)20-14-12(15)13(18)16-7-17-14/h4-8H,2-3,15H2,1H3,(H,16,17,18). The van der Waals surface area contributed by atoms with E-state index in [1.165, 1.54) is 24.7 Å². The third-order valence-corrected chi connectivity index (χ3v) is 3.29. The summed E-state index contributed by atoms with van der Waals surface area (Å²) in [6.07, 6.45) is 3.64. The highest BCUT2D eigenvalue weighted by Gasteiger charge is 2.26. The minimum Gasteiger partial charge on any atom is -0.496 e. The number of nitrogens with zero attached hydrogens (tertiary/aromatic N) is 1. The fraction of sp³-hybridized carbons (Fsp3) is 0.286. The Labute approximate surface area is 115 Å². The van der Waals surface area contributed by atoms with Crippen LogP contribution in [0, 0.1) is 0 Å². The molecule has 3 rings (SSSR count). The minimum atomic E-state index is -0.420. The maximum Gasteiger partial charge on any atom is 0.277 e. The van der Waals surface area contributed by atoms with E-state index >= 15 is 0 Å². The number of nitrogen functional groups attached to an aromatic ring is 1. The van der Waals surface area contributed by atoms with Gasteiger partial charge in [0.25, 0.3) is 5.56 Å². The van der Waals surface area contributed by atoms with Crippen LogP contribution in [0.1, 0.15) is 24.3 Å². The number of nitrogens with two attached hydrogens (primary N) is 1. The van der Waals surface area contributed by atoms with Gasteiger partial charge in [0.1, 0.15) is 11.5 Å². The Morgan fingerprint density at radius 1 is 1.40 bits per heavy atom. The van der Waals surface area contributed by atoms with Gasteiger partial charge >= 0.3 is 0 Å². The summed E-state index contributed by atoms with van der Waals surface area (Å²) < 4.78 is 10.9. The van der Waals surface area contributed by atoms with E-state index in [0.717, 1.165) is 5.75 Å². The van der Waals surface area contributed by atoms with Gasteiger partial charge in [0.2, 0.25) is 5.88 Å². The lowest BCUT2D eigenvalue weighted by molar-refractivity contribution is 0.402. The van der Waals surface area contributed by atoms with Crippen LogP contribution < -0.4 is 20.8 Å². The summed E-state index contributed by atoms with van der Waals surface area (Å²) in [6.45, 7) is 0. The molecule has 104 valence electrons. The van der Waals surface area contributed by atoms with Crippen molar-refractivity contribution in [3.05, 3.63) is 40.4 Å². The van der Waals surface area contributed by atoms with Crippen LogP contribution in [-0.4, -0.2) is 17.1 Å². The highest BCUT2D eigenvalue weighted by molar-refractivity contribution is 5.49. The molecule has 2 aromatic rings. The average molecular weight is 273 g/mol. The van der Waals surface area contributed by atoms with Crippen LogP contribution >= 0.6 is 0 Å². The normalized spacial score (nSPS) is 14.1. The Morgan fingerprint density at radius 2 is 2.20 bits per heavy atom. The molecule has 0 radical (unpaired) electrons. The molecule has 1 heterocycles. The van der Waals surface area contributed by atoms with Crippen LogP contribution in [0.15, 0.2) is 29.3 Å². The first-order valence-corrected chi connectivity index (χ1v) is 6.38. The maximum atomic E-state index is 11.4. The Balaban J connectivity index is 1.91. The molecule has 0 saturated heterocycles. The number of H-pyrrole nitrogens is 1. The second kappa shape index (κ2) is 4.88. The molecule has 0 amide bonds. The summed E-state index contributed by atoms with van der Waals surface area (Å²) >= 11 is 0. The minimum absolute atomic E-state index is 0.0438. The van der Waals surface area contributed by atoms with E-state index in [4.69, 9.17) is 15.2 Å². The molecule has 1 fully saturated rings. The fourth-order valence-electron chi connectivity index (χ4n) is 2.07. The maximum absolute atomic E-state index is 11.4. The number of aromatic amines is 1. The first-order chi connectivity index (χ1) is 9.69. The van der Waals surface area contributed by atoms with E-state index < -0.39 is 5.56 Å². The van der Waals surface area contributed by atoms with Gasteiger partial charge < -0.3 is 20.2 Å². The monoisotopic (exact) mass is 273 g/mol. The molecule has 0 spiro atoms. The molecule has 0 atom stereocenters. The van der Waals surface area contributed by atoms with Crippen molar-refractivity contribution in [3.8, 4) is 17.4 Å². The van der Waals surface area contributed by atoms with E-state index in [1.807, 2.05) is 12.1 Å². The predicted octanol–water partition coefficient (Wildman–Crippen LogP) is 2.03. The summed E-state index contributed by atoms with van der Waals surface area (Å²) in [6, 6.07) is 5.60. The van der Waals surface area contributed by atoms with Crippen LogP contribution in [0.25, 0.3) is 0 Å². The lowest BCUT2D eigenvalue weighted by Crippen LogP contribution is -2.13. The zero-order valence-corrected chi connectivity index (χ0v) is 11.1. The van der Waals surface area contributed by atoms with Gasteiger partial charge in [0.05, 0.1) is 13.4 Å². The molecule has 1 aliphatic carbocycles. The van der Waals surface area contributed by atoms with Gasteiger partial charge in [-0.2, -0.15) is 0 Å².